The number of amides is 1. The molecule has 1 saturated carbocycles. The van der Waals surface area contributed by atoms with Crippen LogP contribution in [-0.2, 0) is 4.74 Å². The Morgan fingerprint density at radius 1 is 1.22 bits per heavy atom. The summed E-state index contributed by atoms with van der Waals surface area (Å²) in [6.07, 6.45) is 2.69. The summed E-state index contributed by atoms with van der Waals surface area (Å²) in [5.41, 5.74) is 0.764. The zero-order chi connectivity index (χ0) is 16.9. The van der Waals surface area contributed by atoms with Gasteiger partial charge in [-0.1, -0.05) is 12.1 Å². The van der Waals surface area contributed by atoms with Crippen LogP contribution in [0.1, 0.15) is 51.5 Å². The van der Waals surface area contributed by atoms with Crippen LogP contribution in [0.2, 0.25) is 0 Å². The quantitative estimate of drug-likeness (QED) is 0.787. The minimum atomic E-state index is -0.455. The molecule has 1 aliphatic carbocycles. The molecule has 1 aromatic carbocycles. The van der Waals surface area contributed by atoms with E-state index in [4.69, 9.17) is 4.74 Å². The largest absolute Gasteiger partial charge is 0.444 e. The van der Waals surface area contributed by atoms with E-state index in [-0.39, 0.29) is 11.9 Å². The van der Waals surface area contributed by atoms with E-state index in [9.17, 15) is 9.18 Å². The maximum atomic E-state index is 12.9. The molecule has 2 N–H and O–H groups in total. The van der Waals surface area contributed by atoms with Gasteiger partial charge in [0.15, 0.2) is 0 Å². The molecule has 1 aromatic rings. The molecule has 0 radical (unpaired) electrons. The first-order valence-electron chi connectivity index (χ1n) is 8.29. The van der Waals surface area contributed by atoms with E-state index in [1.807, 2.05) is 32.9 Å². The molecule has 2 rings (SSSR count). The van der Waals surface area contributed by atoms with Gasteiger partial charge in [-0.3, -0.25) is 0 Å². The minimum absolute atomic E-state index is 0.180. The molecule has 23 heavy (non-hydrogen) atoms. The van der Waals surface area contributed by atoms with Crippen LogP contribution in [0.15, 0.2) is 24.3 Å². The molecule has 1 fully saturated rings. The van der Waals surface area contributed by atoms with Gasteiger partial charge in [-0.25, -0.2) is 9.18 Å². The van der Waals surface area contributed by atoms with Crippen molar-refractivity contribution in [2.24, 2.45) is 0 Å². The summed E-state index contributed by atoms with van der Waals surface area (Å²) in [6, 6.07) is 7.32. The highest BCUT2D eigenvalue weighted by molar-refractivity contribution is 5.67. The van der Waals surface area contributed by atoms with Gasteiger partial charge in [-0.05, 0) is 70.2 Å². The number of carbonyl (C=O) groups excluding carboxylic acids is 1. The normalized spacial score (nSPS) is 20.7. The van der Waals surface area contributed by atoms with Gasteiger partial charge < -0.3 is 15.4 Å². The Morgan fingerprint density at radius 3 is 2.48 bits per heavy atom. The van der Waals surface area contributed by atoms with Crippen molar-refractivity contribution >= 4 is 6.09 Å². The van der Waals surface area contributed by atoms with Crippen LogP contribution in [0, 0.1) is 5.82 Å². The van der Waals surface area contributed by atoms with E-state index in [0.29, 0.717) is 18.5 Å². The monoisotopic (exact) mass is 322 g/mol. The fourth-order valence-electron chi connectivity index (χ4n) is 2.69. The van der Waals surface area contributed by atoms with Crippen molar-refractivity contribution in [1.29, 1.82) is 0 Å². The van der Waals surface area contributed by atoms with Crippen molar-refractivity contribution in [3.63, 3.8) is 0 Å². The highest BCUT2D eigenvalue weighted by atomic mass is 19.1. The number of ether oxygens (including phenoxy) is 1. The minimum Gasteiger partial charge on any atom is -0.444 e. The van der Waals surface area contributed by atoms with Crippen LogP contribution in [0.3, 0.4) is 0 Å². The molecule has 0 spiro atoms. The lowest BCUT2D eigenvalue weighted by molar-refractivity contribution is 0.0527. The van der Waals surface area contributed by atoms with Gasteiger partial charge in [0.1, 0.15) is 11.4 Å². The summed E-state index contributed by atoms with van der Waals surface area (Å²) in [5.74, 6) is 0.355. The lowest BCUT2D eigenvalue weighted by Gasteiger charge is -2.36. The number of nitrogens with one attached hydrogen (secondary N) is 2. The van der Waals surface area contributed by atoms with Gasteiger partial charge in [0.2, 0.25) is 0 Å². The Labute approximate surface area is 137 Å². The average Bonchev–Trinajstić information content (AvgIpc) is 2.40. The molecule has 5 heteroatoms. The number of carbonyl (C=O) groups is 1. The third-order valence-electron chi connectivity index (χ3n) is 3.93. The van der Waals surface area contributed by atoms with E-state index in [1.54, 1.807) is 0 Å². The van der Waals surface area contributed by atoms with Crippen molar-refractivity contribution < 1.29 is 13.9 Å². The van der Waals surface area contributed by atoms with Gasteiger partial charge in [-0.15, -0.1) is 0 Å². The number of benzene rings is 1. The van der Waals surface area contributed by atoms with Crippen LogP contribution in [0.4, 0.5) is 9.18 Å². The Bertz CT molecular complexity index is 505. The van der Waals surface area contributed by atoms with Gasteiger partial charge in [0.25, 0.3) is 0 Å². The van der Waals surface area contributed by atoms with Crippen LogP contribution < -0.4 is 10.6 Å². The molecule has 1 amide bonds. The summed E-state index contributed by atoms with van der Waals surface area (Å²) < 4.78 is 18.1. The highest BCUT2D eigenvalue weighted by Crippen LogP contribution is 2.36. The molecule has 0 saturated heterocycles. The highest BCUT2D eigenvalue weighted by Gasteiger charge is 2.29. The van der Waals surface area contributed by atoms with Gasteiger partial charge in [0, 0.05) is 12.6 Å². The first-order chi connectivity index (χ1) is 10.8. The van der Waals surface area contributed by atoms with E-state index in [1.165, 1.54) is 17.7 Å². The van der Waals surface area contributed by atoms with Crippen LogP contribution in [-0.4, -0.2) is 30.8 Å². The summed E-state index contributed by atoms with van der Waals surface area (Å²) in [6.45, 7) is 7.03. The third-order valence-corrected chi connectivity index (χ3v) is 3.93. The molecule has 1 aliphatic rings. The second-order valence-electron chi connectivity index (χ2n) is 7.15. The van der Waals surface area contributed by atoms with Crippen molar-refractivity contribution in [3.8, 4) is 0 Å². The zero-order valence-corrected chi connectivity index (χ0v) is 14.2. The van der Waals surface area contributed by atoms with Gasteiger partial charge >= 0.3 is 6.09 Å². The summed E-state index contributed by atoms with van der Waals surface area (Å²) >= 11 is 0. The summed E-state index contributed by atoms with van der Waals surface area (Å²) in [7, 11) is 0. The topological polar surface area (TPSA) is 50.4 Å². The number of alkyl carbamates (subject to hydrolysis) is 1. The maximum absolute atomic E-state index is 12.9. The predicted molar refractivity (Wildman–Crippen MR) is 89.0 cm³/mol. The van der Waals surface area contributed by atoms with Crippen molar-refractivity contribution in [3.05, 3.63) is 35.6 Å². The Balaban J connectivity index is 1.52. The molecule has 0 bridgehead atoms. The number of halogens is 1. The second kappa shape index (κ2) is 7.77. The van der Waals surface area contributed by atoms with Crippen molar-refractivity contribution in [2.45, 2.75) is 57.6 Å². The fraction of sp³-hybridized carbons (Fsp3) is 0.611. The molecular weight excluding hydrogens is 295 g/mol. The van der Waals surface area contributed by atoms with Crippen LogP contribution in [0.25, 0.3) is 0 Å². The smallest absolute Gasteiger partial charge is 0.407 e. The van der Waals surface area contributed by atoms with E-state index >= 15 is 0 Å². The Hall–Kier alpha value is -1.62. The molecule has 0 unspecified atom stereocenters. The molecule has 0 aromatic heterocycles. The predicted octanol–water partition coefficient (Wildman–Crippen LogP) is 3.58. The van der Waals surface area contributed by atoms with Gasteiger partial charge in [0.05, 0.1) is 0 Å². The molecule has 0 aliphatic heterocycles. The summed E-state index contributed by atoms with van der Waals surface area (Å²) in [5, 5.41) is 6.24. The van der Waals surface area contributed by atoms with Gasteiger partial charge in [-0.2, -0.15) is 0 Å². The van der Waals surface area contributed by atoms with E-state index in [0.717, 1.165) is 25.8 Å². The van der Waals surface area contributed by atoms with Crippen molar-refractivity contribution in [1.82, 2.24) is 10.6 Å². The lowest BCUT2D eigenvalue weighted by atomic mass is 9.76. The van der Waals surface area contributed by atoms with E-state index in [2.05, 4.69) is 10.6 Å². The molecular formula is C18H27FN2O2. The third kappa shape index (κ3) is 6.18. The number of hydrogen-bond donors (Lipinski definition) is 2. The molecule has 128 valence electrons. The second-order valence-corrected chi connectivity index (χ2v) is 7.15. The maximum Gasteiger partial charge on any atom is 0.407 e. The van der Waals surface area contributed by atoms with Crippen LogP contribution >= 0.6 is 0 Å². The fourth-order valence-corrected chi connectivity index (χ4v) is 2.69. The van der Waals surface area contributed by atoms with Crippen molar-refractivity contribution in [2.75, 3.05) is 13.1 Å². The Morgan fingerprint density at radius 2 is 1.87 bits per heavy atom. The number of rotatable bonds is 6. The Kier molecular flexibility index (Phi) is 5.99. The molecule has 0 heterocycles. The van der Waals surface area contributed by atoms with E-state index < -0.39 is 5.60 Å². The molecule has 4 nitrogen and oxygen atoms in total. The first kappa shape index (κ1) is 17.7. The first-order valence-corrected chi connectivity index (χ1v) is 8.29. The number of hydrogen-bond acceptors (Lipinski definition) is 3. The van der Waals surface area contributed by atoms with Crippen LogP contribution in [0.5, 0.6) is 0 Å². The lowest BCUT2D eigenvalue weighted by Crippen LogP contribution is -2.41. The summed E-state index contributed by atoms with van der Waals surface area (Å²) in [4.78, 5) is 11.5. The zero-order valence-electron chi connectivity index (χ0n) is 14.2. The SMILES string of the molecule is CC(C)(C)OC(=O)NCCCNC1CC(c2ccc(F)cc2)C1. The molecule has 0 atom stereocenters. The average molecular weight is 322 g/mol. The standard InChI is InChI=1S/C18H27FN2O2/c1-18(2,3)23-17(22)21-10-4-9-20-16-11-14(12-16)13-5-7-15(19)8-6-13/h5-8,14,16,20H,4,9-12H2,1-3H3,(H,21,22).